The first-order valence-electron chi connectivity index (χ1n) is 9.72. The highest BCUT2D eigenvalue weighted by Crippen LogP contribution is 2.38. The molecule has 1 unspecified atom stereocenters. The Morgan fingerprint density at radius 1 is 1.25 bits per heavy atom. The summed E-state index contributed by atoms with van der Waals surface area (Å²) in [6, 6.07) is 4.94. The zero-order chi connectivity index (χ0) is 19.7. The Bertz CT molecular complexity index is 860. The van der Waals surface area contributed by atoms with Gasteiger partial charge in [0.2, 0.25) is 5.89 Å². The molecule has 1 aliphatic carbocycles. The summed E-state index contributed by atoms with van der Waals surface area (Å²) in [7, 11) is 3.12. The monoisotopic (exact) mass is 386 g/mol. The summed E-state index contributed by atoms with van der Waals surface area (Å²) in [5.41, 5.74) is 6.43. The summed E-state index contributed by atoms with van der Waals surface area (Å²) >= 11 is 0. The second kappa shape index (κ2) is 7.43. The Morgan fingerprint density at radius 3 is 2.75 bits per heavy atom. The molecule has 2 aliphatic rings. The molecule has 4 rings (SSSR count). The van der Waals surface area contributed by atoms with E-state index in [1.807, 2.05) is 0 Å². The Morgan fingerprint density at radius 2 is 2.04 bits per heavy atom. The lowest BCUT2D eigenvalue weighted by Crippen LogP contribution is -2.34. The van der Waals surface area contributed by atoms with Crippen molar-refractivity contribution in [1.29, 1.82) is 0 Å². The number of hydrogen-bond donors (Lipinski definition) is 1. The normalized spacial score (nSPS) is 21.1. The van der Waals surface area contributed by atoms with Gasteiger partial charge in [-0.25, -0.2) is 0 Å². The van der Waals surface area contributed by atoms with Crippen molar-refractivity contribution in [1.82, 2.24) is 15.0 Å². The summed E-state index contributed by atoms with van der Waals surface area (Å²) in [5.74, 6) is 2.02. The van der Waals surface area contributed by atoms with Crippen LogP contribution in [0.4, 0.5) is 0 Å². The maximum atomic E-state index is 13.2. The fourth-order valence-corrected chi connectivity index (χ4v) is 4.20. The number of carbonyl (C=O) groups is 1. The number of amides is 1. The van der Waals surface area contributed by atoms with Gasteiger partial charge in [0.15, 0.2) is 5.82 Å². The Kier molecular flexibility index (Phi) is 4.97. The van der Waals surface area contributed by atoms with Crippen LogP contribution in [0.25, 0.3) is 0 Å². The molecule has 8 nitrogen and oxygen atoms in total. The minimum Gasteiger partial charge on any atom is -0.497 e. The van der Waals surface area contributed by atoms with E-state index in [2.05, 4.69) is 10.1 Å². The zero-order valence-electron chi connectivity index (χ0n) is 16.3. The standard InChI is InChI=1S/C20H26N4O4/c1-26-13-7-8-14(16(12-13)27-2)18(25)24-11-5-6-15(24)17-22-19(23-28-17)20(21)9-3-4-10-20/h7-8,12,15H,3-6,9-11,21H2,1-2H3. The molecule has 8 heteroatoms. The van der Waals surface area contributed by atoms with E-state index >= 15 is 0 Å². The predicted octanol–water partition coefficient (Wildman–Crippen LogP) is 2.79. The number of ether oxygens (including phenoxy) is 2. The van der Waals surface area contributed by atoms with Crippen molar-refractivity contribution in [3.05, 3.63) is 35.5 Å². The SMILES string of the molecule is COc1ccc(C(=O)N2CCCC2c2nc(C3(N)CCCC3)no2)c(OC)c1. The molecule has 1 aliphatic heterocycles. The number of hydrogen-bond acceptors (Lipinski definition) is 7. The van der Waals surface area contributed by atoms with Gasteiger partial charge in [-0.1, -0.05) is 18.0 Å². The quantitative estimate of drug-likeness (QED) is 0.842. The molecule has 1 aromatic carbocycles. The van der Waals surface area contributed by atoms with E-state index in [-0.39, 0.29) is 11.9 Å². The van der Waals surface area contributed by atoms with E-state index < -0.39 is 5.54 Å². The average Bonchev–Trinajstić information content (AvgIpc) is 3.46. The summed E-state index contributed by atoms with van der Waals surface area (Å²) in [6.45, 7) is 0.629. The molecule has 0 spiro atoms. The first-order chi connectivity index (χ1) is 13.6. The lowest BCUT2D eigenvalue weighted by Gasteiger charge is -2.23. The van der Waals surface area contributed by atoms with Crippen LogP contribution in [-0.2, 0) is 5.54 Å². The van der Waals surface area contributed by atoms with Gasteiger partial charge in [0.1, 0.15) is 17.5 Å². The summed E-state index contributed by atoms with van der Waals surface area (Å²) in [6.07, 6.45) is 5.53. The van der Waals surface area contributed by atoms with Crippen LogP contribution in [0.5, 0.6) is 11.5 Å². The van der Waals surface area contributed by atoms with Crippen molar-refractivity contribution >= 4 is 5.91 Å². The molecule has 150 valence electrons. The van der Waals surface area contributed by atoms with Crippen LogP contribution in [0.1, 0.15) is 66.6 Å². The van der Waals surface area contributed by atoms with E-state index in [0.717, 1.165) is 38.5 Å². The van der Waals surface area contributed by atoms with E-state index in [9.17, 15) is 4.79 Å². The van der Waals surface area contributed by atoms with E-state index in [1.54, 1.807) is 37.3 Å². The van der Waals surface area contributed by atoms with Crippen LogP contribution >= 0.6 is 0 Å². The molecule has 2 N–H and O–H groups in total. The third-order valence-corrected chi connectivity index (χ3v) is 5.82. The number of benzene rings is 1. The van der Waals surface area contributed by atoms with E-state index in [4.69, 9.17) is 19.7 Å². The number of methoxy groups -OCH3 is 2. The maximum absolute atomic E-state index is 13.2. The molecule has 0 bridgehead atoms. The van der Waals surface area contributed by atoms with Crippen molar-refractivity contribution in [2.75, 3.05) is 20.8 Å². The van der Waals surface area contributed by atoms with Gasteiger partial charge in [0.25, 0.3) is 5.91 Å². The number of nitrogens with zero attached hydrogens (tertiary/aromatic N) is 3. The smallest absolute Gasteiger partial charge is 0.258 e. The molecule has 2 aromatic rings. The molecule has 1 saturated carbocycles. The molecule has 1 aromatic heterocycles. The lowest BCUT2D eigenvalue weighted by molar-refractivity contribution is 0.0706. The van der Waals surface area contributed by atoms with Crippen LogP contribution in [0.3, 0.4) is 0 Å². The molecule has 2 fully saturated rings. The van der Waals surface area contributed by atoms with E-state index in [1.165, 1.54) is 0 Å². The predicted molar refractivity (Wildman–Crippen MR) is 101 cm³/mol. The van der Waals surface area contributed by atoms with Crippen molar-refractivity contribution in [3.63, 3.8) is 0 Å². The van der Waals surface area contributed by atoms with Crippen molar-refractivity contribution < 1.29 is 18.8 Å². The Hall–Kier alpha value is -2.61. The Balaban J connectivity index is 1.59. The third kappa shape index (κ3) is 3.22. The van der Waals surface area contributed by atoms with Crippen LogP contribution in [-0.4, -0.2) is 41.7 Å². The van der Waals surface area contributed by atoms with Gasteiger partial charge in [0, 0.05) is 12.6 Å². The molecule has 1 amide bonds. The maximum Gasteiger partial charge on any atom is 0.258 e. The first kappa shape index (κ1) is 18.7. The third-order valence-electron chi connectivity index (χ3n) is 5.82. The summed E-state index contributed by atoms with van der Waals surface area (Å²) < 4.78 is 16.2. The second-order valence-corrected chi connectivity index (χ2v) is 7.54. The topological polar surface area (TPSA) is 104 Å². The number of nitrogens with two attached hydrogens (primary N) is 1. The molecule has 0 radical (unpaired) electrons. The average molecular weight is 386 g/mol. The molecule has 1 saturated heterocycles. The van der Waals surface area contributed by atoms with Crippen LogP contribution in [0, 0.1) is 0 Å². The molecule has 1 atom stereocenters. The van der Waals surface area contributed by atoms with Crippen molar-refractivity contribution in [2.45, 2.75) is 50.1 Å². The van der Waals surface area contributed by atoms with Crippen molar-refractivity contribution in [2.24, 2.45) is 5.73 Å². The van der Waals surface area contributed by atoms with Gasteiger partial charge in [0.05, 0.1) is 25.3 Å². The second-order valence-electron chi connectivity index (χ2n) is 7.54. The zero-order valence-corrected chi connectivity index (χ0v) is 16.3. The van der Waals surface area contributed by atoms with Gasteiger partial charge in [-0.2, -0.15) is 4.98 Å². The van der Waals surface area contributed by atoms with Gasteiger partial charge in [-0.15, -0.1) is 0 Å². The highest BCUT2D eigenvalue weighted by Gasteiger charge is 2.39. The van der Waals surface area contributed by atoms with Gasteiger partial charge in [-0.3, -0.25) is 4.79 Å². The molecule has 28 heavy (non-hydrogen) atoms. The highest BCUT2D eigenvalue weighted by atomic mass is 16.5. The van der Waals surface area contributed by atoms with Crippen LogP contribution in [0.15, 0.2) is 22.7 Å². The molecular formula is C20H26N4O4. The van der Waals surface area contributed by atoms with Gasteiger partial charge < -0.3 is 24.6 Å². The first-order valence-corrected chi connectivity index (χ1v) is 9.72. The van der Waals surface area contributed by atoms with E-state index in [0.29, 0.717) is 35.3 Å². The minimum atomic E-state index is -0.506. The Labute approximate surface area is 164 Å². The lowest BCUT2D eigenvalue weighted by atomic mass is 9.98. The van der Waals surface area contributed by atoms with Crippen molar-refractivity contribution in [3.8, 4) is 11.5 Å². The fourth-order valence-electron chi connectivity index (χ4n) is 4.20. The number of likely N-dealkylation sites (tertiary alicyclic amines) is 1. The minimum absolute atomic E-state index is 0.120. The number of rotatable bonds is 5. The fraction of sp³-hybridized carbons (Fsp3) is 0.550. The van der Waals surface area contributed by atoms with Crippen LogP contribution < -0.4 is 15.2 Å². The molecular weight excluding hydrogens is 360 g/mol. The summed E-state index contributed by atoms with van der Waals surface area (Å²) in [4.78, 5) is 19.6. The van der Waals surface area contributed by atoms with Crippen LogP contribution in [0.2, 0.25) is 0 Å². The number of carbonyl (C=O) groups excluding carboxylic acids is 1. The number of aromatic nitrogens is 2. The largest absolute Gasteiger partial charge is 0.497 e. The molecule has 2 heterocycles. The summed E-state index contributed by atoms with van der Waals surface area (Å²) in [5, 5.41) is 4.15. The highest BCUT2D eigenvalue weighted by molar-refractivity contribution is 5.97. The van der Waals surface area contributed by atoms with Gasteiger partial charge >= 0.3 is 0 Å². The van der Waals surface area contributed by atoms with Gasteiger partial charge in [-0.05, 0) is 37.8 Å².